The van der Waals surface area contributed by atoms with Crippen molar-refractivity contribution in [1.29, 1.82) is 0 Å². The smallest absolute Gasteiger partial charge is 0.341 e. The van der Waals surface area contributed by atoms with Crippen molar-refractivity contribution in [2.75, 3.05) is 32.8 Å². The van der Waals surface area contributed by atoms with Crippen molar-refractivity contribution in [2.45, 2.75) is 51.9 Å². The average molecular weight is 333 g/mol. The molecule has 0 radical (unpaired) electrons. The van der Waals surface area contributed by atoms with Gasteiger partial charge in [-0.2, -0.15) is 0 Å². The number of likely N-dealkylation sites (tertiary alicyclic amines) is 1. The number of nitrogens with zero attached hydrogens (tertiary/aromatic N) is 1. The van der Waals surface area contributed by atoms with E-state index in [9.17, 15) is 4.79 Å². The highest BCUT2D eigenvalue weighted by Crippen LogP contribution is 2.19. The van der Waals surface area contributed by atoms with E-state index in [0.29, 0.717) is 24.5 Å². The molecule has 1 aliphatic rings. The molecule has 1 aliphatic heterocycles. The Morgan fingerprint density at radius 3 is 2.62 bits per heavy atom. The summed E-state index contributed by atoms with van der Waals surface area (Å²) >= 11 is 0. The molecule has 24 heavy (non-hydrogen) atoms. The molecule has 1 aromatic carbocycles. The number of hydrogen-bond donors (Lipinski definition) is 0. The van der Waals surface area contributed by atoms with E-state index in [1.807, 2.05) is 18.2 Å². The molecule has 0 amide bonds. The van der Waals surface area contributed by atoms with Gasteiger partial charge in [0.1, 0.15) is 11.3 Å². The van der Waals surface area contributed by atoms with Gasteiger partial charge < -0.3 is 14.4 Å². The lowest BCUT2D eigenvalue weighted by molar-refractivity contribution is 0.0493. The fourth-order valence-corrected chi connectivity index (χ4v) is 3.01. The number of piperidine rings is 1. The van der Waals surface area contributed by atoms with Crippen LogP contribution in [0.3, 0.4) is 0 Å². The fraction of sp³-hybridized carbons (Fsp3) is 0.650. The van der Waals surface area contributed by atoms with E-state index in [2.05, 4.69) is 11.8 Å². The second kappa shape index (κ2) is 11.1. The lowest BCUT2D eigenvalue weighted by Crippen LogP contribution is -2.31. The number of carbonyl (C=O) groups is 1. The third-order valence-corrected chi connectivity index (χ3v) is 4.41. The van der Waals surface area contributed by atoms with Gasteiger partial charge in [-0.15, -0.1) is 0 Å². The van der Waals surface area contributed by atoms with Gasteiger partial charge in [0.2, 0.25) is 0 Å². The van der Waals surface area contributed by atoms with Crippen LogP contribution in [0.5, 0.6) is 5.75 Å². The first-order valence-electron chi connectivity index (χ1n) is 9.42. The summed E-state index contributed by atoms with van der Waals surface area (Å²) in [5.74, 6) is 0.356. The molecule has 0 aromatic heterocycles. The van der Waals surface area contributed by atoms with Gasteiger partial charge in [0, 0.05) is 6.54 Å². The molecule has 0 aliphatic carbocycles. The Hall–Kier alpha value is -1.55. The van der Waals surface area contributed by atoms with E-state index < -0.39 is 0 Å². The van der Waals surface area contributed by atoms with Crippen LogP contribution in [0.15, 0.2) is 24.3 Å². The van der Waals surface area contributed by atoms with Crippen molar-refractivity contribution < 1.29 is 14.3 Å². The predicted octanol–water partition coefficient (Wildman–Crippen LogP) is 4.29. The maximum absolute atomic E-state index is 12.2. The lowest BCUT2D eigenvalue weighted by Gasteiger charge is -2.26. The Morgan fingerprint density at radius 2 is 1.83 bits per heavy atom. The van der Waals surface area contributed by atoms with Gasteiger partial charge in [-0.25, -0.2) is 4.79 Å². The standard InChI is InChI=1S/C20H31NO3/c1-2-3-9-16-24-20(22)18-11-5-6-12-19(18)23-17-10-15-21-13-7-4-8-14-21/h5-6,11-12H,2-4,7-10,13-17H2,1H3. The van der Waals surface area contributed by atoms with Crippen LogP contribution in [-0.4, -0.2) is 43.7 Å². The highest BCUT2D eigenvalue weighted by atomic mass is 16.5. The largest absolute Gasteiger partial charge is 0.493 e. The zero-order chi connectivity index (χ0) is 17.0. The topological polar surface area (TPSA) is 38.8 Å². The molecule has 134 valence electrons. The molecule has 0 unspecified atom stereocenters. The fourth-order valence-electron chi connectivity index (χ4n) is 3.01. The number of hydrogen-bond acceptors (Lipinski definition) is 4. The maximum Gasteiger partial charge on any atom is 0.341 e. The van der Waals surface area contributed by atoms with Crippen molar-refractivity contribution in [2.24, 2.45) is 0 Å². The quantitative estimate of drug-likeness (QED) is 0.473. The van der Waals surface area contributed by atoms with Crippen LogP contribution in [0.1, 0.15) is 62.2 Å². The normalized spacial score (nSPS) is 15.2. The van der Waals surface area contributed by atoms with Gasteiger partial charge in [0.25, 0.3) is 0 Å². The number of benzene rings is 1. The van der Waals surface area contributed by atoms with E-state index in [1.54, 1.807) is 6.07 Å². The highest BCUT2D eigenvalue weighted by Gasteiger charge is 2.14. The number of unbranched alkanes of at least 4 members (excludes halogenated alkanes) is 2. The summed E-state index contributed by atoms with van der Waals surface area (Å²) in [7, 11) is 0. The van der Waals surface area contributed by atoms with Crippen LogP contribution in [-0.2, 0) is 4.74 Å². The Morgan fingerprint density at radius 1 is 1.04 bits per heavy atom. The van der Waals surface area contributed by atoms with Gasteiger partial charge in [-0.1, -0.05) is 38.3 Å². The molecular weight excluding hydrogens is 302 g/mol. The summed E-state index contributed by atoms with van der Waals surface area (Å²) in [5.41, 5.74) is 0.534. The number of ether oxygens (including phenoxy) is 2. The second-order valence-corrected chi connectivity index (χ2v) is 6.44. The maximum atomic E-state index is 12.2. The molecule has 4 nitrogen and oxygen atoms in total. The van der Waals surface area contributed by atoms with Crippen LogP contribution in [0.25, 0.3) is 0 Å². The SMILES string of the molecule is CCCCCOC(=O)c1ccccc1OCCCN1CCCCC1. The number of carbonyl (C=O) groups excluding carboxylic acids is 1. The van der Waals surface area contributed by atoms with Crippen LogP contribution >= 0.6 is 0 Å². The molecule has 0 bridgehead atoms. The third-order valence-electron chi connectivity index (χ3n) is 4.41. The molecule has 0 spiro atoms. The summed E-state index contributed by atoms with van der Waals surface area (Å²) in [6.45, 7) is 6.74. The molecule has 0 saturated carbocycles. The molecular formula is C20H31NO3. The van der Waals surface area contributed by atoms with Gasteiger partial charge in [0.15, 0.2) is 0 Å². The Bertz CT molecular complexity index is 484. The molecule has 1 saturated heterocycles. The molecule has 0 N–H and O–H groups in total. The van der Waals surface area contributed by atoms with Crippen molar-refractivity contribution in [3.63, 3.8) is 0 Å². The first-order chi connectivity index (χ1) is 11.8. The third kappa shape index (κ3) is 6.52. The van der Waals surface area contributed by atoms with Crippen LogP contribution in [0.4, 0.5) is 0 Å². The summed E-state index contributed by atoms with van der Waals surface area (Å²) < 4.78 is 11.2. The second-order valence-electron chi connectivity index (χ2n) is 6.44. The van der Waals surface area contributed by atoms with Crippen molar-refractivity contribution >= 4 is 5.97 Å². The predicted molar refractivity (Wildman–Crippen MR) is 96.7 cm³/mol. The van der Waals surface area contributed by atoms with E-state index in [4.69, 9.17) is 9.47 Å². The van der Waals surface area contributed by atoms with E-state index >= 15 is 0 Å². The van der Waals surface area contributed by atoms with Gasteiger partial charge in [0.05, 0.1) is 13.2 Å². The van der Waals surface area contributed by atoms with Crippen molar-refractivity contribution in [3.8, 4) is 5.75 Å². The van der Waals surface area contributed by atoms with E-state index in [1.165, 1.54) is 32.4 Å². The Balaban J connectivity index is 1.74. The minimum Gasteiger partial charge on any atom is -0.493 e. The van der Waals surface area contributed by atoms with Crippen molar-refractivity contribution in [3.05, 3.63) is 29.8 Å². The summed E-state index contributed by atoms with van der Waals surface area (Å²) in [5, 5.41) is 0. The van der Waals surface area contributed by atoms with Gasteiger partial charge in [-0.05, 0) is 50.9 Å². The van der Waals surface area contributed by atoms with Gasteiger partial charge >= 0.3 is 5.97 Å². The van der Waals surface area contributed by atoms with Crippen molar-refractivity contribution in [1.82, 2.24) is 4.90 Å². The first kappa shape index (κ1) is 18.8. The van der Waals surface area contributed by atoms with Crippen LogP contribution in [0, 0.1) is 0 Å². The zero-order valence-electron chi connectivity index (χ0n) is 15.0. The van der Waals surface area contributed by atoms with Crippen LogP contribution in [0.2, 0.25) is 0 Å². The molecule has 4 heteroatoms. The summed E-state index contributed by atoms with van der Waals surface area (Å²) in [6, 6.07) is 7.38. The monoisotopic (exact) mass is 333 g/mol. The Kier molecular flexibility index (Phi) is 8.67. The minimum absolute atomic E-state index is 0.280. The van der Waals surface area contributed by atoms with Gasteiger partial charge in [-0.3, -0.25) is 0 Å². The number of para-hydroxylation sites is 1. The molecule has 1 heterocycles. The van der Waals surface area contributed by atoms with Crippen LogP contribution < -0.4 is 4.74 Å². The lowest BCUT2D eigenvalue weighted by atomic mass is 10.1. The zero-order valence-corrected chi connectivity index (χ0v) is 15.0. The summed E-state index contributed by atoms with van der Waals surface area (Å²) in [4.78, 5) is 14.7. The molecule has 0 atom stereocenters. The molecule has 1 aromatic rings. The van der Waals surface area contributed by atoms with E-state index in [-0.39, 0.29) is 5.97 Å². The summed E-state index contributed by atoms with van der Waals surface area (Å²) in [6.07, 6.45) is 8.10. The first-order valence-corrected chi connectivity index (χ1v) is 9.42. The number of esters is 1. The molecule has 2 rings (SSSR count). The van der Waals surface area contributed by atoms with E-state index in [0.717, 1.165) is 32.2 Å². The highest BCUT2D eigenvalue weighted by molar-refractivity contribution is 5.92. The number of rotatable bonds is 10. The average Bonchev–Trinajstić information content (AvgIpc) is 2.63. The Labute approximate surface area is 146 Å². The molecule has 1 fully saturated rings. The minimum atomic E-state index is -0.280.